The van der Waals surface area contributed by atoms with Gasteiger partial charge in [0.15, 0.2) is 5.69 Å². The summed E-state index contributed by atoms with van der Waals surface area (Å²) in [5, 5.41) is 0.655. The lowest BCUT2D eigenvalue weighted by molar-refractivity contribution is 0.00659. The Hall–Kier alpha value is -2.33. The number of carbonyl (C=O) groups excluding carboxylic acids is 1. The number of esters is 1. The zero-order valence-electron chi connectivity index (χ0n) is 13.2. The Kier molecular flexibility index (Phi) is 3.86. The van der Waals surface area contributed by atoms with E-state index in [-0.39, 0.29) is 0 Å². The molecule has 0 saturated carbocycles. The lowest BCUT2D eigenvalue weighted by Crippen LogP contribution is -2.24. The molecule has 0 atom stereocenters. The number of ether oxygens (including phenoxy) is 1. The van der Waals surface area contributed by atoms with Gasteiger partial charge >= 0.3 is 5.97 Å². The molecule has 3 aromatic rings. The highest BCUT2D eigenvalue weighted by Gasteiger charge is 2.24. The largest absolute Gasteiger partial charge is 0.455 e. The molecular formula is C18H17ClN2O2. The van der Waals surface area contributed by atoms with Crippen molar-refractivity contribution in [1.29, 1.82) is 0 Å². The van der Waals surface area contributed by atoms with E-state index in [4.69, 9.17) is 16.3 Å². The Morgan fingerprint density at radius 1 is 1.13 bits per heavy atom. The number of rotatable bonds is 2. The number of pyridine rings is 1. The second-order valence-corrected chi connectivity index (χ2v) is 6.69. The van der Waals surface area contributed by atoms with E-state index >= 15 is 0 Å². The Labute approximate surface area is 139 Å². The minimum atomic E-state index is -0.567. The third-order valence-electron chi connectivity index (χ3n) is 3.24. The number of imidazole rings is 1. The Morgan fingerprint density at radius 3 is 2.48 bits per heavy atom. The molecule has 0 N–H and O–H groups in total. The van der Waals surface area contributed by atoms with E-state index in [1.54, 1.807) is 12.1 Å². The van der Waals surface area contributed by atoms with Gasteiger partial charge < -0.3 is 4.74 Å². The molecule has 0 aliphatic rings. The summed E-state index contributed by atoms with van der Waals surface area (Å²) < 4.78 is 7.34. The van der Waals surface area contributed by atoms with Crippen LogP contribution in [-0.2, 0) is 4.74 Å². The number of nitrogens with zero attached hydrogens (tertiary/aromatic N) is 2. The van der Waals surface area contributed by atoms with Gasteiger partial charge in [-0.25, -0.2) is 9.78 Å². The monoisotopic (exact) mass is 328 g/mol. The molecule has 2 aromatic heterocycles. The van der Waals surface area contributed by atoms with E-state index in [1.165, 1.54) is 0 Å². The molecule has 1 aromatic carbocycles. The molecule has 5 heteroatoms. The van der Waals surface area contributed by atoms with E-state index in [2.05, 4.69) is 4.98 Å². The van der Waals surface area contributed by atoms with Gasteiger partial charge in [-0.1, -0.05) is 17.7 Å². The van der Waals surface area contributed by atoms with Crippen LogP contribution in [0.4, 0.5) is 0 Å². The maximum Gasteiger partial charge on any atom is 0.359 e. The van der Waals surface area contributed by atoms with Crippen LogP contribution in [0.2, 0.25) is 5.02 Å². The summed E-state index contributed by atoms with van der Waals surface area (Å²) in [6.07, 6.45) is 1.88. The zero-order valence-corrected chi connectivity index (χ0v) is 14.0. The third kappa shape index (κ3) is 3.22. The van der Waals surface area contributed by atoms with Crippen LogP contribution in [0.5, 0.6) is 0 Å². The molecule has 0 amide bonds. The van der Waals surface area contributed by atoms with Gasteiger partial charge in [0.05, 0.1) is 5.52 Å². The average Bonchev–Trinajstić information content (AvgIpc) is 2.86. The number of hydrogen-bond acceptors (Lipinski definition) is 3. The molecule has 118 valence electrons. The number of aromatic nitrogens is 2. The highest BCUT2D eigenvalue weighted by atomic mass is 35.5. The van der Waals surface area contributed by atoms with E-state index in [1.807, 2.05) is 61.7 Å². The first-order valence-corrected chi connectivity index (χ1v) is 7.69. The van der Waals surface area contributed by atoms with Gasteiger partial charge in [0.2, 0.25) is 0 Å². The second kappa shape index (κ2) is 5.70. The fraction of sp³-hybridized carbons (Fsp3) is 0.222. The third-order valence-corrected chi connectivity index (χ3v) is 3.50. The van der Waals surface area contributed by atoms with Crippen LogP contribution >= 0.6 is 11.6 Å². The molecule has 0 unspecified atom stereocenters. The van der Waals surface area contributed by atoms with Crippen LogP contribution in [0.3, 0.4) is 0 Å². The van der Waals surface area contributed by atoms with E-state index in [9.17, 15) is 4.79 Å². The first-order valence-electron chi connectivity index (χ1n) is 7.31. The molecule has 0 spiro atoms. The van der Waals surface area contributed by atoms with Crippen LogP contribution in [-0.4, -0.2) is 21.0 Å². The van der Waals surface area contributed by atoms with Crippen molar-refractivity contribution in [3.8, 4) is 11.4 Å². The molecule has 3 rings (SSSR count). The smallest absolute Gasteiger partial charge is 0.359 e. The summed E-state index contributed by atoms with van der Waals surface area (Å²) >= 11 is 5.94. The lowest BCUT2D eigenvalue weighted by atomic mass is 10.2. The number of halogens is 1. The average molecular weight is 329 g/mol. The summed E-state index contributed by atoms with van der Waals surface area (Å²) in [4.78, 5) is 17.0. The molecule has 0 fully saturated rings. The number of carbonyl (C=O) groups is 1. The highest BCUT2D eigenvalue weighted by molar-refractivity contribution is 6.30. The molecular weight excluding hydrogens is 312 g/mol. The summed E-state index contributed by atoms with van der Waals surface area (Å²) in [7, 11) is 0. The van der Waals surface area contributed by atoms with Crippen molar-refractivity contribution in [2.24, 2.45) is 0 Å². The molecule has 23 heavy (non-hydrogen) atoms. The number of fused-ring (bicyclic) bond motifs is 1. The predicted octanol–water partition coefficient (Wildman–Crippen LogP) is 4.61. The predicted molar refractivity (Wildman–Crippen MR) is 90.8 cm³/mol. The summed E-state index contributed by atoms with van der Waals surface area (Å²) in [6.45, 7) is 5.51. The Bertz CT molecular complexity index is 861. The van der Waals surface area contributed by atoms with Crippen molar-refractivity contribution in [1.82, 2.24) is 9.38 Å². The van der Waals surface area contributed by atoms with Crippen molar-refractivity contribution >= 4 is 23.1 Å². The van der Waals surface area contributed by atoms with Crippen LogP contribution < -0.4 is 0 Å². The fourth-order valence-electron chi connectivity index (χ4n) is 2.32. The molecule has 2 heterocycles. The molecule has 0 aliphatic heterocycles. The van der Waals surface area contributed by atoms with Crippen LogP contribution in [0.1, 0.15) is 31.3 Å². The van der Waals surface area contributed by atoms with Gasteiger partial charge in [-0.3, -0.25) is 4.40 Å². The van der Waals surface area contributed by atoms with E-state index in [0.29, 0.717) is 22.1 Å². The van der Waals surface area contributed by atoms with Crippen LogP contribution in [0.25, 0.3) is 16.9 Å². The standard InChI is InChI=1S/C18H17ClN2O2/c1-18(2,3)23-17(22)15-14-6-4-5-11-21(14)16(20-15)12-7-9-13(19)10-8-12/h4-11H,1-3H3. The van der Waals surface area contributed by atoms with Gasteiger partial charge in [-0.05, 0) is 57.2 Å². The van der Waals surface area contributed by atoms with Crippen molar-refractivity contribution in [3.63, 3.8) is 0 Å². The van der Waals surface area contributed by atoms with Crippen LogP contribution in [0.15, 0.2) is 48.7 Å². The maximum absolute atomic E-state index is 12.5. The summed E-state index contributed by atoms with van der Waals surface area (Å²) in [6, 6.07) is 13.0. The lowest BCUT2D eigenvalue weighted by Gasteiger charge is -2.18. The second-order valence-electron chi connectivity index (χ2n) is 6.25. The van der Waals surface area contributed by atoms with Gasteiger partial charge in [0, 0.05) is 16.8 Å². The Morgan fingerprint density at radius 2 is 1.83 bits per heavy atom. The minimum Gasteiger partial charge on any atom is -0.455 e. The quantitative estimate of drug-likeness (QED) is 0.645. The van der Waals surface area contributed by atoms with Crippen LogP contribution in [0, 0.1) is 0 Å². The summed E-state index contributed by atoms with van der Waals surface area (Å²) in [5.41, 5.74) is 1.34. The highest BCUT2D eigenvalue weighted by Crippen LogP contribution is 2.25. The zero-order chi connectivity index (χ0) is 16.6. The van der Waals surface area contributed by atoms with Gasteiger partial charge in [-0.15, -0.1) is 0 Å². The van der Waals surface area contributed by atoms with Crippen molar-refractivity contribution in [3.05, 3.63) is 59.4 Å². The van der Waals surface area contributed by atoms with Crippen molar-refractivity contribution in [2.75, 3.05) is 0 Å². The van der Waals surface area contributed by atoms with E-state index < -0.39 is 11.6 Å². The Balaban J connectivity index is 2.14. The topological polar surface area (TPSA) is 43.6 Å². The maximum atomic E-state index is 12.5. The van der Waals surface area contributed by atoms with E-state index in [0.717, 1.165) is 5.56 Å². The molecule has 4 nitrogen and oxygen atoms in total. The first kappa shape index (κ1) is 15.6. The molecule has 0 aliphatic carbocycles. The van der Waals surface area contributed by atoms with Gasteiger partial charge in [0.25, 0.3) is 0 Å². The normalized spacial score (nSPS) is 11.7. The summed E-state index contributed by atoms with van der Waals surface area (Å²) in [5.74, 6) is 0.250. The van der Waals surface area contributed by atoms with Crippen molar-refractivity contribution in [2.45, 2.75) is 26.4 Å². The molecule has 0 radical (unpaired) electrons. The molecule has 0 saturated heterocycles. The number of benzene rings is 1. The van der Waals surface area contributed by atoms with Crippen molar-refractivity contribution < 1.29 is 9.53 Å². The SMILES string of the molecule is CC(C)(C)OC(=O)c1nc(-c2ccc(Cl)cc2)n2ccccc12. The fourth-order valence-corrected chi connectivity index (χ4v) is 2.44. The molecule has 0 bridgehead atoms. The first-order chi connectivity index (χ1) is 10.8. The van der Waals surface area contributed by atoms with Gasteiger partial charge in [0.1, 0.15) is 11.4 Å². The van der Waals surface area contributed by atoms with Gasteiger partial charge in [-0.2, -0.15) is 0 Å². The number of hydrogen-bond donors (Lipinski definition) is 0. The minimum absolute atomic E-state index is 0.311.